The van der Waals surface area contributed by atoms with Gasteiger partial charge in [-0.05, 0) is 31.9 Å². The number of hydrogen-bond donors (Lipinski definition) is 2. The molecular formula is C24H20F2N6O4. The molecule has 184 valence electrons. The van der Waals surface area contributed by atoms with E-state index in [-0.39, 0.29) is 42.3 Å². The third-order valence-corrected chi connectivity index (χ3v) is 6.16. The lowest BCUT2D eigenvalue weighted by Gasteiger charge is -2.17. The zero-order valence-corrected chi connectivity index (χ0v) is 19.0. The first-order chi connectivity index (χ1) is 17.2. The molecule has 1 saturated carbocycles. The molecule has 1 aliphatic carbocycles. The van der Waals surface area contributed by atoms with Crippen molar-refractivity contribution in [1.82, 2.24) is 24.7 Å². The summed E-state index contributed by atoms with van der Waals surface area (Å²) in [5.74, 6) is -3.06. The molecule has 3 N–H and O–H groups in total. The van der Waals surface area contributed by atoms with Gasteiger partial charge in [-0.2, -0.15) is 5.10 Å². The van der Waals surface area contributed by atoms with Gasteiger partial charge in [0.25, 0.3) is 0 Å². The number of benzene rings is 1. The number of aliphatic carboxylic acids is 1. The van der Waals surface area contributed by atoms with Crippen molar-refractivity contribution >= 4 is 28.8 Å². The second-order valence-electron chi connectivity index (χ2n) is 8.59. The van der Waals surface area contributed by atoms with E-state index >= 15 is 0 Å². The Hall–Kier alpha value is -4.48. The van der Waals surface area contributed by atoms with Crippen molar-refractivity contribution in [2.45, 2.75) is 32.4 Å². The number of ether oxygens (including phenoxy) is 1. The summed E-state index contributed by atoms with van der Waals surface area (Å²) in [7, 11) is 0. The van der Waals surface area contributed by atoms with Crippen LogP contribution in [0.5, 0.6) is 0 Å². The summed E-state index contributed by atoms with van der Waals surface area (Å²) in [5, 5.41) is 14.0. The molecule has 3 heterocycles. The number of nitrogens with two attached hydrogens (primary N) is 1. The van der Waals surface area contributed by atoms with Crippen LogP contribution in [-0.2, 0) is 20.9 Å². The standard InChI is InChI=1S/C24H20F2N6O4/c1-12(36-23(35)24(6-7-24)22(33)34)16-10-28-20(30-19(16)27)18-15-8-14(25)9-29-21(15)32(31-18)11-13-4-2-3-5-17(13)26/h2-5,8-10,12H,6-7,11H2,1H3,(H,33,34)(H2,27,28,30). The zero-order valence-electron chi connectivity index (χ0n) is 19.0. The molecule has 4 aromatic rings. The second kappa shape index (κ2) is 8.63. The predicted molar refractivity (Wildman–Crippen MR) is 122 cm³/mol. The molecule has 1 atom stereocenters. The number of nitrogen functional groups attached to an aromatic ring is 1. The van der Waals surface area contributed by atoms with Crippen LogP contribution in [0.1, 0.15) is 37.0 Å². The predicted octanol–water partition coefficient (Wildman–Crippen LogP) is 3.27. The molecule has 0 saturated heterocycles. The van der Waals surface area contributed by atoms with Gasteiger partial charge in [0.1, 0.15) is 29.3 Å². The Balaban J connectivity index is 1.47. The molecule has 1 aromatic carbocycles. The Morgan fingerprint density at radius 2 is 1.97 bits per heavy atom. The number of pyridine rings is 1. The number of nitrogens with zero attached hydrogens (tertiary/aromatic N) is 5. The monoisotopic (exact) mass is 494 g/mol. The topological polar surface area (TPSA) is 146 Å². The fourth-order valence-electron chi connectivity index (χ4n) is 3.90. The van der Waals surface area contributed by atoms with Crippen LogP contribution in [0.15, 0.2) is 42.7 Å². The Kier molecular flexibility index (Phi) is 5.58. The van der Waals surface area contributed by atoms with E-state index in [1.165, 1.54) is 29.9 Å². The minimum atomic E-state index is -1.51. The summed E-state index contributed by atoms with van der Waals surface area (Å²) >= 11 is 0. The van der Waals surface area contributed by atoms with Gasteiger partial charge in [-0.15, -0.1) is 0 Å². The second-order valence-corrected chi connectivity index (χ2v) is 8.59. The summed E-state index contributed by atoms with van der Waals surface area (Å²) in [4.78, 5) is 36.3. The number of esters is 1. The Morgan fingerprint density at radius 1 is 1.22 bits per heavy atom. The molecule has 0 radical (unpaired) electrons. The van der Waals surface area contributed by atoms with Crippen LogP contribution >= 0.6 is 0 Å². The van der Waals surface area contributed by atoms with E-state index in [1.54, 1.807) is 18.2 Å². The summed E-state index contributed by atoms with van der Waals surface area (Å²) < 4.78 is 35.0. The highest BCUT2D eigenvalue weighted by Gasteiger charge is 2.59. The number of hydrogen-bond acceptors (Lipinski definition) is 8. The molecule has 0 spiro atoms. The third-order valence-electron chi connectivity index (χ3n) is 6.16. The Bertz CT molecular complexity index is 1520. The van der Waals surface area contributed by atoms with Crippen molar-refractivity contribution < 1.29 is 28.2 Å². The Labute approximate surface area is 202 Å². The molecule has 0 bridgehead atoms. The third kappa shape index (κ3) is 4.00. The van der Waals surface area contributed by atoms with Crippen LogP contribution < -0.4 is 5.73 Å². The highest BCUT2D eigenvalue weighted by molar-refractivity contribution is 6.02. The van der Waals surface area contributed by atoms with Crippen LogP contribution in [0.3, 0.4) is 0 Å². The smallest absolute Gasteiger partial charge is 0.324 e. The normalized spacial score (nSPS) is 15.0. The lowest BCUT2D eigenvalue weighted by molar-refractivity contribution is -0.164. The van der Waals surface area contributed by atoms with Crippen molar-refractivity contribution in [2.24, 2.45) is 5.41 Å². The van der Waals surface area contributed by atoms with Crippen LogP contribution in [0.25, 0.3) is 22.6 Å². The van der Waals surface area contributed by atoms with E-state index in [1.807, 2.05) is 0 Å². The van der Waals surface area contributed by atoms with Crippen molar-refractivity contribution in [1.29, 1.82) is 0 Å². The van der Waals surface area contributed by atoms with Gasteiger partial charge in [0.2, 0.25) is 0 Å². The van der Waals surface area contributed by atoms with Crippen LogP contribution in [0.4, 0.5) is 14.6 Å². The number of carbonyl (C=O) groups excluding carboxylic acids is 1. The molecular weight excluding hydrogens is 474 g/mol. The summed E-state index contributed by atoms with van der Waals surface area (Å²) in [6.45, 7) is 1.57. The zero-order chi connectivity index (χ0) is 25.6. The van der Waals surface area contributed by atoms with Crippen molar-refractivity contribution in [2.75, 3.05) is 5.73 Å². The SMILES string of the molecule is CC(OC(=O)C1(C(=O)O)CC1)c1cnc(-c2nn(Cc3ccccc3F)c3ncc(F)cc23)nc1N. The van der Waals surface area contributed by atoms with Gasteiger partial charge in [-0.25, -0.2) is 28.4 Å². The number of halogens is 2. The Morgan fingerprint density at radius 3 is 2.64 bits per heavy atom. The molecule has 1 fully saturated rings. The molecule has 0 aliphatic heterocycles. The van der Waals surface area contributed by atoms with Gasteiger partial charge in [0, 0.05) is 11.8 Å². The number of carboxylic acids is 1. The average molecular weight is 494 g/mol. The maximum Gasteiger partial charge on any atom is 0.324 e. The van der Waals surface area contributed by atoms with Crippen molar-refractivity contribution in [3.8, 4) is 11.5 Å². The molecule has 5 rings (SSSR count). The summed E-state index contributed by atoms with van der Waals surface area (Å²) in [5.41, 5.74) is 5.71. The summed E-state index contributed by atoms with van der Waals surface area (Å²) in [6.07, 6.45) is 1.89. The number of anilines is 1. The van der Waals surface area contributed by atoms with Gasteiger partial charge < -0.3 is 15.6 Å². The fraction of sp³-hybridized carbons (Fsp3) is 0.250. The lowest BCUT2D eigenvalue weighted by Crippen LogP contribution is -2.28. The average Bonchev–Trinajstić information content (AvgIpc) is 3.59. The van der Waals surface area contributed by atoms with Gasteiger partial charge in [0.05, 0.1) is 23.7 Å². The number of fused-ring (bicyclic) bond motifs is 1. The lowest BCUT2D eigenvalue weighted by atomic mass is 10.1. The summed E-state index contributed by atoms with van der Waals surface area (Å²) in [6, 6.07) is 7.42. The van der Waals surface area contributed by atoms with Crippen molar-refractivity contribution in [3.05, 3.63) is 65.5 Å². The largest absolute Gasteiger partial charge is 0.480 e. The fourth-order valence-corrected chi connectivity index (χ4v) is 3.90. The number of carboxylic acid groups (broad SMARTS) is 1. The minimum absolute atomic E-state index is 0.0263. The van der Waals surface area contributed by atoms with Gasteiger partial charge >= 0.3 is 11.9 Å². The van der Waals surface area contributed by atoms with E-state index < -0.39 is 35.1 Å². The molecule has 3 aromatic heterocycles. The minimum Gasteiger partial charge on any atom is -0.480 e. The molecule has 10 nitrogen and oxygen atoms in total. The van der Waals surface area contributed by atoms with E-state index in [2.05, 4.69) is 20.1 Å². The van der Waals surface area contributed by atoms with E-state index in [4.69, 9.17) is 10.5 Å². The first kappa shape index (κ1) is 23.3. The van der Waals surface area contributed by atoms with Crippen molar-refractivity contribution in [3.63, 3.8) is 0 Å². The molecule has 1 aliphatic rings. The molecule has 36 heavy (non-hydrogen) atoms. The maximum absolute atomic E-state index is 14.2. The number of carbonyl (C=O) groups is 2. The molecule has 12 heteroatoms. The van der Waals surface area contributed by atoms with E-state index in [0.29, 0.717) is 16.6 Å². The van der Waals surface area contributed by atoms with E-state index in [0.717, 1.165) is 6.20 Å². The first-order valence-electron chi connectivity index (χ1n) is 11.0. The first-order valence-corrected chi connectivity index (χ1v) is 11.0. The van der Waals surface area contributed by atoms with Gasteiger partial charge in [0.15, 0.2) is 16.9 Å². The molecule has 1 unspecified atom stereocenters. The van der Waals surface area contributed by atoms with Crippen LogP contribution in [0.2, 0.25) is 0 Å². The number of aromatic nitrogens is 5. The number of rotatable bonds is 7. The van der Waals surface area contributed by atoms with Crippen LogP contribution in [-0.4, -0.2) is 41.8 Å². The molecule has 0 amide bonds. The quantitative estimate of drug-likeness (QED) is 0.292. The highest BCUT2D eigenvalue weighted by Crippen LogP contribution is 2.48. The van der Waals surface area contributed by atoms with Gasteiger partial charge in [-0.1, -0.05) is 18.2 Å². The maximum atomic E-state index is 14.2. The highest BCUT2D eigenvalue weighted by atomic mass is 19.1. The van der Waals surface area contributed by atoms with Crippen LogP contribution in [0, 0.1) is 17.0 Å². The van der Waals surface area contributed by atoms with Gasteiger partial charge in [-0.3, -0.25) is 9.59 Å². The van der Waals surface area contributed by atoms with E-state index in [9.17, 15) is 23.5 Å².